The quantitative estimate of drug-likeness (QED) is 0.810. The van der Waals surface area contributed by atoms with Crippen LogP contribution in [0.4, 0.5) is 0 Å². The SMILES string of the molecule is Cc1ccc(C2CS(=O)CCCN2)cc1C. The maximum Gasteiger partial charge on any atom is 0.0436 e. The zero-order valence-corrected chi connectivity index (χ0v) is 10.8. The van der Waals surface area contributed by atoms with Crippen molar-refractivity contribution < 1.29 is 4.21 Å². The Balaban J connectivity index is 2.21. The molecule has 0 radical (unpaired) electrons. The average Bonchev–Trinajstić information content (AvgIpc) is 2.47. The van der Waals surface area contributed by atoms with Gasteiger partial charge in [-0.1, -0.05) is 18.2 Å². The highest BCUT2D eigenvalue weighted by Gasteiger charge is 2.17. The van der Waals surface area contributed by atoms with E-state index in [1.807, 2.05) is 0 Å². The molecule has 0 saturated carbocycles. The molecule has 3 heteroatoms. The summed E-state index contributed by atoms with van der Waals surface area (Å²) in [6.07, 6.45) is 1.02. The number of hydrogen-bond acceptors (Lipinski definition) is 2. The molecule has 16 heavy (non-hydrogen) atoms. The fourth-order valence-corrected chi connectivity index (χ4v) is 3.35. The largest absolute Gasteiger partial charge is 0.309 e. The van der Waals surface area contributed by atoms with Gasteiger partial charge in [0.05, 0.1) is 0 Å². The first-order valence-electron chi connectivity index (χ1n) is 5.82. The molecule has 0 bridgehead atoms. The van der Waals surface area contributed by atoms with E-state index in [2.05, 4.69) is 37.4 Å². The van der Waals surface area contributed by atoms with E-state index in [1.165, 1.54) is 16.7 Å². The Labute approximate surface area is 99.9 Å². The molecule has 0 aliphatic carbocycles. The second-order valence-electron chi connectivity index (χ2n) is 4.51. The lowest BCUT2D eigenvalue weighted by Gasteiger charge is -2.16. The van der Waals surface area contributed by atoms with Crippen LogP contribution in [0.1, 0.15) is 29.2 Å². The van der Waals surface area contributed by atoms with Crippen molar-refractivity contribution in [2.45, 2.75) is 26.3 Å². The summed E-state index contributed by atoms with van der Waals surface area (Å²) in [6.45, 7) is 5.23. The lowest BCUT2D eigenvalue weighted by molar-refractivity contribution is 0.587. The molecule has 1 heterocycles. The summed E-state index contributed by atoms with van der Waals surface area (Å²) in [6, 6.07) is 6.79. The van der Waals surface area contributed by atoms with E-state index in [9.17, 15) is 4.21 Å². The number of benzene rings is 1. The molecule has 1 aromatic rings. The highest BCUT2D eigenvalue weighted by atomic mass is 32.2. The third kappa shape index (κ3) is 2.71. The van der Waals surface area contributed by atoms with Crippen LogP contribution >= 0.6 is 0 Å². The maximum absolute atomic E-state index is 11.7. The van der Waals surface area contributed by atoms with E-state index in [0.717, 1.165) is 24.5 Å². The van der Waals surface area contributed by atoms with Gasteiger partial charge in [0.2, 0.25) is 0 Å². The van der Waals surface area contributed by atoms with Crippen molar-refractivity contribution in [1.29, 1.82) is 0 Å². The molecule has 0 aromatic heterocycles. The lowest BCUT2D eigenvalue weighted by atomic mass is 10.0. The fourth-order valence-electron chi connectivity index (χ4n) is 2.03. The van der Waals surface area contributed by atoms with Gasteiger partial charge in [-0.15, -0.1) is 0 Å². The molecule has 0 amide bonds. The Morgan fingerprint density at radius 3 is 2.88 bits per heavy atom. The molecule has 0 spiro atoms. The molecule has 2 unspecified atom stereocenters. The second kappa shape index (κ2) is 5.11. The molecule has 1 aliphatic heterocycles. The molecular weight excluding hydrogens is 218 g/mol. The number of aryl methyl sites for hydroxylation is 2. The van der Waals surface area contributed by atoms with Gasteiger partial charge in [-0.2, -0.15) is 0 Å². The van der Waals surface area contributed by atoms with Crippen LogP contribution in [0, 0.1) is 13.8 Å². The number of hydrogen-bond donors (Lipinski definition) is 1. The van der Waals surface area contributed by atoms with E-state index in [4.69, 9.17) is 0 Å². The van der Waals surface area contributed by atoms with Gasteiger partial charge in [0.15, 0.2) is 0 Å². The monoisotopic (exact) mass is 237 g/mol. The van der Waals surface area contributed by atoms with Gasteiger partial charge in [0.1, 0.15) is 0 Å². The van der Waals surface area contributed by atoms with Crippen LogP contribution in [0.25, 0.3) is 0 Å². The van der Waals surface area contributed by atoms with Gasteiger partial charge < -0.3 is 5.32 Å². The molecule has 1 saturated heterocycles. The van der Waals surface area contributed by atoms with Crippen LogP contribution < -0.4 is 5.32 Å². The van der Waals surface area contributed by atoms with Crippen molar-refractivity contribution in [1.82, 2.24) is 5.32 Å². The van der Waals surface area contributed by atoms with Crippen LogP contribution in [0.5, 0.6) is 0 Å². The summed E-state index contributed by atoms with van der Waals surface area (Å²) in [4.78, 5) is 0. The van der Waals surface area contributed by atoms with E-state index in [1.54, 1.807) is 0 Å². The van der Waals surface area contributed by atoms with Gasteiger partial charge >= 0.3 is 0 Å². The van der Waals surface area contributed by atoms with Crippen LogP contribution in [-0.4, -0.2) is 22.3 Å². The topological polar surface area (TPSA) is 29.1 Å². The van der Waals surface area contributed by atoms with Crippen LogP contribution in [0.2, 0.25) is 0 Å². The molecule has 1 fully saturated rings. The Morgan fingerprint density at radius 1 is 1.31 bits per heavy atom. The molecule has 2 nitrogen and oxygen atoms in total. The molecule has 1 aromatic carbocycles. The minimum atomic E-state index is -0.663. The first-order valence-corrected chi connectivity index (χ1v) is 7.31. The highest BCUT2D eigenvalue weighted by molar-refractivity contribution is 7.85. The van der Waals surface area contributed by atoms with E-state index >= 15 is 0 Å². The van der Waals surface area contributed by atoms with E-state index in [0.29, 0.717) is 0 Å². The predicted molar refractivity (Wildman–Crippen MR) is 69.2 cm³/mol. The van der Waals surface area contributed by atoms with Gasteiger partial charge in [0, 0.05) is 28.3 Å². The summed E-state index contributed by atoms with van der Waals surface area (Å²) in [5.74, 6) is 1.59. The maximum atomic E-state index is 11.7. The lowest BCUT2D eigenvalue weighted by Crippen LogP contribution is -2.24. The Morgan fingerprint density at radius 2 is 2.12 bits per heavy atom. The van der Waals surface area contributed by atoms with Crippen molar-refractivity contribution in [3.8, 4) is 0 Å². The molecule has 1 N–H and O–H groups in total. The zero-order chi connectivity index (χ0) is 11.5. The summed E-state index contributed by atoms with van der Waals surface area (Å²) in [5.41, 5.74) is 3.91. The summed E-state index contributed by atoms with van der Waals surface area (Å²) in [7, 11) is -0.663. The van der Waals surface area contributed by atoms with Crippen molar-refractivity contribution in [3.63, 3.8) is 0 Å². The highest BCUT2D eigenvalue weighted by Crippen LogP contribution is 2.19. The summed E-state index contributed by atoms with van der Waals surface area (Å²) in [5, 5.41) is 3.48. The molecular formula is C13H19NOS. The van der Waals surface area contributed by atoms with E-state index in [-0.39, 0.29) is 6.04 Å². The van der Waals surface area contributed by atoms with Crippen LogP contribution in [0.15, 0.2) is 18.2 Å². The van der Waals surface area contributed by atoms with Crippen molar-refractivity contribution in [3.05, 3.63) is 34.9 Å². The number of rotatable bonds is 1. The first kappa shape index (κ1) is 11.8. The predicted octanol–water partition coefficient (Wildman–Crippen LogP) is 2.09. The molecule has 1 aliphatic rings. The summed E-state index contributed by atoms with van der Waals surface area (Å²) >= 11 is 0. The smallest absolute Gasteiger partial charge is 0.0436 e. The van der Waals surface area contributed by atoms with Crippen molar-refractivity contribution in [2.75, 3.05) is 18.1 Å². The minimum Gasteiger partial charge on any atom is -0.309 e. The normalized spacial score (nSPS) is 26.4. The fraction of sp³-hybridized carbons (Fsp3) is 0.538. The third-order valence-corrected chi connectivity index (χ3v) is 4.67. The average molecular weight is 237 g/mol. The standard InChI is InChI=1S/C13H19NOS/c1-10-4-5-12(8-11(10)2)13-9-16(15)7-3-6-14-13/h4-5,8,13-14H,3,6-7,9H2,1-2H3. The van der Waals surface area contributed by atoms with Crippen molar-refractivity contribution in [2.24, 2.45) is 0 Å². The Kier molecular flexibility index (Phi) is 3.77. The first-order chi connectivity index (χ1) is 7.66. The molecule has 2 rings (SSSR count). The minimum absolute atomic E-state index is 0.266. The van der Waals surface area contributed by atoms with Gasteiger partial charge in [-0.05, 0) is 43.5 Å². The van der Waals surface area contributed by atoms with Crippen LogP contribution in [0.3, 0.4) is 0 Å². The Hall–Kier alpha value is -0.670. The zero-order valence-electron chi connectivity index (χ0n) is 9.95. The Bertz CT molecular complexity index is 403. The molecule has 88 valence electrons. The van der Waals surface area contributed by atoms with Gasteiger partial charge in [0.25, 0.3) is 0 Å². The molecule has 2 atom stereocenters. The van der Waals surface area contributed by atoms with Gasteiger partial charge in [-0.25, -0.2) is 0 Å². The van der Waals surface area contributed by atoms with Crippen molar-refractivity contribution >= 4 is 10.8 Å². The second-order valence-corrected chi connectivity index (χ2v) is 6.14. The van der Waals surface area contributed by atoms with E-state index < -0.39 is 10.8 Å². The number of nitrogens with one attached hydrogen (secondary N) is 1. The van der Waals surface area contributed by atoms with Gasteiger partial charge in [-0.3, -0.25) is 4.21 Å². The third-order valence-electron chi connectivity index (χ3n) is 3.23. The summed E-state index contributed by atoms with van der Waals surface area (Å²) < 4.78 is 11.7. The van der Waals surface area contributed by atoms with Crippen LogP contribution in [-0.2, 0) is 10.8 Å².